The van der Waals surface area contributed by atoms with Crippen molar-refractivity contribution in [1.82, 2.24) is 0 Å². The van der Waals surface area contributed by atoms with E-state index >= 15 is 0 Å². The van der Waals surface area contributed by atoms with Crippen molar-refractivity contribution in [3.63, 3.8) is 0 Å². The van der Waals surface area contributed by atoms with Crippen LogP contribution in [0, 0.1) is 5.92 Å². The molecule has 0 unspecified atom stereocenters. The first-order valence-corrected chi connectivity index (χ1v) is 4.08. The molecule has 0 atom stereocenters. The number of hydrogen-bond donors (Lipinski definition) is 1. The standard InChI is InChI=1S/C10H15N.BrH/c1-9(2)8-11-10-6-4-3-5-7-10;/h3-7,9,11H,8H2,1-2H3;1H. The minimum absolute atomic E-state index is 0. The number of benzene rings is 1. The maximum atomic E-state index is 3.34. The first-order chi connectivity index (χ1) is 5.29. The van der Waals surface area contributed by atoms with E-state index < -0.39 is 0 Å². The molecular formula is C10H16BrN. The summed E-state index contributed by atoms with van der Waals surface area (Å²) in [5, 5.41) is 3.34. The van der Waals surface area contributed by atoms with E-state index in [9.17, 15) is 0 Å². The molecule has 0 saturated heterocycles. The van der Waals surface area contributed by atoms with Gasteiger partial charge >= 0.3 is 0 Å². The van der Waals surface area contributed by atoms with Crippen molar-refractivity contribution < 1.29 is 0 Å². The number of anilines is 1. The van der Waals surface area contributed by atoms with E-state index in [2.05, 4.69) is 31.3 Å². The van der Waals surface area contributed by atoms with E-state index in [1.807, 2.05) is 18.2 Å². The zero-order chi connectivity index (χ0) is 8.10. The summed E-state index contributed by atoms with van der Waals surface area (Å²) in [5.41, 5.74) is 1.21. The Balaban J connectivity index is 0.00000121. The fourth-order valence-corrected chi connectivity index (χ4v) is 0.878. The molecule has 0 heterocycles. The van der Waals surface area contributed by atoms with Crippen molar-refractivity contribution in [3.05, 3.63) is 30.3 Å². The Hall–Kier alpha value is -0.500. The average molecular weight is 230 g/mol. The molecule has 0 aromatic heterocycles. The molecule has 12 heavy (non-hydrogen) atoms. The van der Waals surface area contributed by atoms with Gasteiger partial charge in [-0.1, -0.05) is 32.0 Å². The second kappa shape index (κ2) is 6.06. The first kappa shape index (κ1) is 11.5. The third-order valence-corrected chi connectivity index (χ3v) is 1.49. The second-order valence-electron chi connectivity index (χ2n) is 3.14. The molecule has 0 amide bonds. The second-order valence-corrected chi connectivity index (χ2v) is 3.14. The van der Waals surface area contributed by atoms with Crippen LogP contribution >= 0.6 is 17.0 Å². The zero-order valence-corrected chi connectivity index (χ0v) is 9.29. The number of halogens is 1. The summed E-state index contributed by atoms with van der Waals surface area (Å²) >= 11 is 0. The summed E-state index contributed by atoms with van der Waals surface area (Å²) in [7, 11) is 0. The summed E-state index contributed by atoms with van der Waals surface area (Å²) in [6.45, 7) is 5.45. The Morgan fingerprint density at radius 2 is 1.75 bits per heavy atom. The minimum atomic E-state index is 0. The van der Waals surface area contributed by atoms with E-state index in [1.165, 1.54) is 5.69 Å². The lowest BCUT2D eigenvalue weighted by Crippen LogP contribution is -2.07. The predicted octanol–water partition coefficient (Wildman–Crippen LogP) is 3.33. The van der Waals surface area contributed by atoms with Gasteiger partial charge in [0.1, 0.15) is 0 Å². The monoisotopic (exact) mass is 229 g/mol. The summed E-state index contributed by atoms with van der Waals surface area (Å²) in [4.78, 5) is 0. The van der Waals surface area contributed by atoms with Crippen LogP contribution in [-0.4, -0.2) is 6.54 Å². The molecule has 1 rings (SSSR count). The lowest BCUT2D eigenvalue weighted by atomic mass is 10.2. The van der Waals surface area contributed by atoms with E-state index in [0.29, 0.717) is 5.92 Å². The van der Waals surface area contributed by atoms with E-state index in [0.717, 1.165) is 6.54 Å². The molecule has 1 N–H and O–H groups in total. The van der Waals surface area contributed by atoms with Gasteiger partial charge in [-0.05, 0) is 18.1 Å². The van der Waals surface area contributed by atoms with Crippen LogP contribution in [0.25, 0.3) is 0 Å². The largest absolute Gasteiger partial charge is 0.385 e. The van der Waals surface area contributed by atoms with Gasteiger partial charge < -0.3 is 5.32 Å². The van der Waals surface area contributed by atoms with E-state index in [4.69, 9.17) is 0 Å². The third-order valence-electron chi connectivity index (χ3n) is 1.49. The van der Waals surface area contributed by atoms with Gasteiger partial charge in [0.2, 0.25) is 0 Å². The van der Waals surface area contributed by atoms with Crippen LogP contribution in [0.4, 0.5) is 5.69 Å². The van der Waals surface area contributed by atoms with Crippen molar-refractivity contribution in [2.45, 2.75) is 13.8 Å². The molecule has 0 aliphatic heterocycles. The normalized spacial score (nSPS) is 9.25. The fraction of sp³-hybridized carbons (Fsp3) is 0.400. The van der Waals surface area contributed by atoms with Gasteiger partial charge in [0.15, 0.2) is 0 Å². The Bertz CT molecular complexity index is 196. The van der Waals surface area contributed by atoms with E-state index in [1.54, 1.807) is 0 Å². The molecule has 1 aromatic carbocycles. The SMILES string of the molecule is Br.CC(C)CNc1ccccc1. The quantitative estimate of drug-likeness (QED) is 0.839. The van der Waals surface area contributed by atoms with E-state index in [-0.39, 0.29) is 17.0 Å². The van der Waals surface area contributed by atoms with Crippen molar-refractivity contribution in [1.29, 1.82) is 0 Å². The van der Waals surface area contributed by atoms with Gasteiger partial charge in [0, 0.05) is 12.2 Å². The van der Waals surface area contributed by atoms with Gasteiger partial charge in [-0.25, -0.2) is 0 Å². The topological polar surface area (TPSA) is 12.0 Å². The molecule has 2 heteroatoms. The summed E-state index contributed by atoms with van der Waals surface area (Å²) in [6.07, 6.45) is 0. The lowest BCUT2D eigenvalue weighted by Gasteiger charge is -2.07. The van der Waals surface area contributed by atoms with Gasteiger partial charge in [-0.15, -0.1) is 17.0 Å². The summed E-state index contributed by atoms with van der Waals surface area (Å²) in [6, 6.07) is 10.3. The van der Waals surface area contributed by atoms with Crippen LogP contribution in [0.15, 0.2) is 30.3 Å². The molecule has 0 spiro atoms. The van der Waals surface area contributed by atoms with Crippen LogP contribution in [0.3, 0.4) is 0 Å². The highest BCUT2D eigenvalue weighted by Crippen LogP contribution is 2.05. The number of nitrogens with one attached hydrogen (secondary N) is 1. The number of rotatable bonds is 3. The number of hydrogen-bond acceptors (Lipinski definition) is 1. The minimum Gasteiger partial charge on any atom is -0.385 e. The highest BCUT2D eigenvalue weighted by Gasteiger charge is 1.92. The summed E-state index contributed by atoms with van der Waals surface area (Å²) in [5.74, 6) is 0.704. The Kier molecular flexibility index (Phi) is 5.81. The predicted molar refractivity (Wildman–Crippen MR) is 60.1 cm³/mol. The van der Waals surface area contributed by atoms with Crippen LogP contribution in [0.2, 0.25) is 0 Å². The summed E-state index contributed by atoms with van der Waals surface area (Å²) < 4.78 is 0. The van der Waals surface area contributed by atoms with Crippen molar-refractivity contribution in [3.8, 4) is 0 Å². The van der Waals surface area contributed by atoms with Gasteiger partial charge in [0.05, 0.1) is 0 Å². The fourth-order valence-electron chi connectivity index (χ4n) is 0.878. The molecule has 0 saturated carbocycles. The molecule has 1 aromatic rings. The first-order valence-electron chi connectivity index (χ1n) is 4.08. The molecule has 0 bridgehead atoms. The molecule has 0 radical (unpaired) electrons. The van der Waals surface area contributed by atoms with Crippen LogP contribution < -0.4 is 5.32 Å². The Morgan fingerprint density at radius 1 is 1.17 bits per heavy atom. The van der Waals surface area contributed by atoms with Crippen LogP contribution in [0.1, 0.15) is 13.8 Å². The molecular weight excluding hydrogens is 214 g/mol. The third kappa shape index (κ3) is 4.39. The number of para-hydroxylation sites is 1. The van der Waals surface area contributed by atoms with Crippen molar-refractivity contribution in [2.24, 2.45) is 5.92 Å². The maximum absolute atomic E-state index is 3.34. The molecule has 68 valence electrons. The highest BCUT2D eigenvalue weighted by atomic mass is 79.9. The molecule has 0 aliphatic carbocycles. The smallest absolute Gasteiger partial charge is 0.0340 e. The Morgan fingerprint density at radius 3 is 2.25 bits per heavy atom. The van der Waals surface area contributed by atoms with Crippen LogP contribution in [-0.2, 0) is 0 Å². The van der Waals surface area contributed by atoms with Crippen molar-refractivity contribution >= 4 is 22.7 Å². The maximum Gasteiger partial charge on any atom is 0.0340 e. The Labute approximate surface area is 85.0 Å². The molecule has 0 aliphatic rings. The van der Waals surface area contributed by atoms with Gasteiger partial charge in [0.25, 0.3) is 0 Å². The zero-order valence-electron chi connectivity index (χ0n) is 7.58. The highest BCUT2D eigenvalue weighted by molar-refractivity contribution is 8.93. The van der Waals surface area contributed by atoms with Crippen molar-refractivity contribution in [2.75, 3.05) is 11.9 Å². The van der Waals surface area contributed by atoms with Crippen LogP contribution in [0.5, 0.6) is 0 Å². The van der Waals surface area contributed by atoms with Gasteiger partial charge in [-0.2, -0.15) is 0 Å². The lowest BCUT2D eigenvalue weighted by molar-refractivity contribution is 0.689. The average Bonchev–Trinajstić information content (AvgIpc) is 2.03. The molecule has 0 fully saturated rings. The molecule has 1 nitrogen and oxygen atoms in total. The van der Waals surface area contributed by atoms with Gasteiger partial charge in [-0.3, -0.25) is 0 Å².